The van der Waals surface area contributed by atoms with Crippen molar-refractivity contribution >= 4 is 11.3 Å². The molecule has 12 heavy (non-hydrogen) atoms. The second-order valence-electron chi connectivity index (χ2n) is 2.72. The maximum atomic E-state index is 8.86. The molecule has 1 aliphatic rings. The summed E-state index contributed by atoms with van der Waals surface area (Å²) in [5.41, 5.74) is 1.02. The number of fused-ring (bicyclic) bond motifs is 1. The lowest BCUT2D eigenvalue weighted by Crippen LogP contribution is -2.22. The SMILES string of the molecule is OC(O)c1nc2c(s1)CNCC2. The number of nitrogens with zero attached hydrogens (tertiary/aromatic N) is 1. The van der Waals surface area contributed by atoms with E-state index in [1.54, 1.807) is 0 Å². The van der Waals surface area contributed by atoms with Gasteiger partial charge in [-0.15, -0.1) is 11.3 Å². The van der Waals surface area contributed by atoms with Crippen LogP contribution in [0.3, 0.4) is 0 Å². The summed E-state index contributed by atoms with van der Waals surface area (Å²) in [6.45, 7) is 1.73. The predicted molar refractivity (Wildman–Crippen MR) is 44.7 cm³/mol. The number of aromatic nitrogens is 1. The fourth-order valence-corrected chi connectivity index (χ4v) is 2.21. The van der Waals surface area contributed by atoms with Gasteiger partial charge in [0.15, 0.2) is 0 Å². The minimum absolute atomic E-state index is 0.406. The molecule has 4 nitrogen and oxygen atoms in total. The van der Waals surface area contributed by atoms with E-state index in [-0.39, 0.29) is 0 Å². The standard InChI is InChI=1S/C7H10N2O2S/c10-7(11)6-9-4-1-2-8-3-5(4)12-6/h7-8,10-11H,1-3H2. The molecule has 0 bridgehead atoms. The van der Waals surface area contributed by atoms with E-state index in [1.807, 2.05) is 0 Å². The second kappa shape index (κ2) is 3.10. The molecule has 5 heteroatoms. The van der Waals surface area contributed by atoms with E-state index in [2.05, 4.69) is 10.3 Å². The molecule has 0 aromatic carbocycles. The highest BCUT2D eigenvalue weighted by molar-refractivity contribution is 7.11. The minimum atomic E-state index is -1.42. The van der Waals surface area contributed by atoms with Crippen LogP contribution in [0, 0.1) is 0 Å². The number of thiazole rings is 1. The van der Waals surface area contributed by atoms with E-state index in [1.165, 1.54) is 11.3 Å². The highest BCUT2D eigenvalue weighted by Gasteiger charge is 2.17. The van der Waals surface area contributed by atoms with E-state index in [9.17, 15) is 0 Å². The molecule has 0 saturated heterocycles. The van der Waals surface area contributed by atoms with Crippen LogP contribution in [-0.2, 0) is 13.0 Å². The second-order valence-corrected chi connectivity index (χ2v) is 3.84. The average Bonchev–Trinajstić information content (AvgIpc) is 2.46. The van der Waals surface area contributed by atoms with Gasteiger partial charge in [-0.05, 0) is 0 Å². The predicted octanol–water partition coefficient (Wildman–Crippen LogP) is -0.228. The van der Waals surface area contributed by atoms with E-state index in [4.69, 9.17) is 10.2 Å². The Morgan fingerprint density at radius 2 is 2.33 bits per heavy atom. The van der Waals surface area contributed by atoms with Gasteiger partial charge >= 0.3 is 0 Å². The van der Waals surface area contributed by atoms with Crippen LogP contribution in [0.5, 0.6) is 0 Å². The summed E-state index contributed by atoms with van der Waals surface area (Å²) in [5, 5.41) is 21.3. The van der Waals surface area contributed by atoms with Gasteiger partial charge in [-0.3, -0.25) is 0 Å². The fourth-order valence-electron chi connectivity index (χ4n) is 1.26. The molecule has 0 fully saturated rings. The normalized spacial score (nSPS) is 16.6. The molecule has 3 N–H and O–H groups in total. The van der Waals surface area contributed by atoms with Gasteiger partial charge in [0, 0.05) is 24.4 Å². The molecule has 66 valence electrons. The van der Waals surface area contributed by atoms with Crippen molar-refractivity contribution in [2.75, 3.05) is 6.54 Å². The molecule has 0 aliphatic carbocycles. The van der Waals surface area contributed by atoms with Crippen LogP contribution in [0.1, 0.15) is 21.9 Å². The number of nitrogens with one attached hydrogen (secondary N) is 1. The number of aliphatic hydroxyl groups excluding tert-OH is 1. The van der Waals surface area contributed by atoms with Crippen LogP contribution >= 0.6 is 11.3 Å². The maximum Gasteiger partial charge on any atom is 0.205 e. The number of hydrogen-bond acceptors (Lipinski definition) is 5. The van der Waals surface area contributed by atoms with Crippen molar-refractivity contribution in [3.05, 3.63) is 15.6 Å². The summed E-state index contributed by atoms with van der Waals surface area (Å²) in [6.07, 6.45) is -0.529. The Morgan fingerprint density at radius 1 is 1.50 bits per heavy atom. The van der Waals surface area contributed by atoms with Crippen molar-refractivity contribution in [1.82, 2.24) is 10.3 Å². The van der Waals surface area contributed by atoms with E-state index in [0.717, 1.165) is 30.1 Å². The van der Waals surface area contributed by atoms with Gasteiger partial charge in [0.05, 0.1) is 5.69 Å². The molecule has 0 radical (unpaired) electrons. The van der Waals surface area contributed by atoms with Gasteiger partial charge in [0.1, 0.15) is 5.01 Å². The number of hydrogen-bond donors (Lipinski definition) is 3. The molecular weight excluding hydrogens is 176 g/mol. The average molecular weight is 186 g/mol. The van der Waals surface area contributed by atoms with Crippen LogP contribution in [0.25, 0.3) is 0 Å². The molecule has 0 unspecified atom stereocenters. The lowest BCUT2D eigenvalue weighted by Gasteiger charge is -2.09. The van der Waals surface area contributed by atoms with Crippen molar-refractivity contribution in [2.45, 2.75) is 19.3 Å². The lowest BCUT2D eigenvalue weighted by molar-refractivity contribution is -0.0426. The maximum absolute atomic E-state index is 8.86. The van der Waals surface area contributed by atoms with Crippen molar-refractivity contribution in [3.8, 4) is 0 Å². The van der Waals surface area contributed by atoms with Crippen molar-refractivity contribution in [2.24, 2.45) is 0 Å². The van der Waals surface area contributed by atoms with Crippen molar-refractivity contribution < 1.29 is 10.2 Å². The van der Waals surface area contributed by atoms with Crippen molar-refractivity contribution in [3.63, 3.8) is 0 Å². The zero-order chi connectivity index (χ0) is 8.55. The molecule has 1 aromatic rings. The summed E-state index contributed by atoms with van der Waals surface area (Å²) in [6, 6.07) is 0. The smallest absolute Gasteiger partial charge is 0.205 e. The van der Waals surface area contributed by atoms with E-state index < -0.39 is 6.29 Å². The summed E-state index contributed by atoms with van der Waals surface area (Å²) in [4.78, 5) is 5.26. The fraction of sp³-hybridized carbons (Fsp3) is 0.571. The Balaban J connectivity index is 2.32. The quantitative estimate of drug-likeness (QED) is 0.530. The van der Waals surface area contributed by atoms with Gasteiger partial charge in [-0.2, -0.15) is 0 Å². The molecule has 1 aliphatic heterocycles. The van der Waals surface area contributed by atoms with E-state index in [0.29, 0.717) is 5.01 Å². The van der Waals surface area contributed by atoms with Crippen LogP contribution < -0.4 is 5.32 Å². The van der Waals surface area contributed by atoms with E-state index >= 15 is 0 Å². The third-order valence-electron chi connectivity index (χ3n) is 1.84. The summed E-state index contributed by atoms with van der Waals surface area (Å²) >= 11 is 1.37. The minimum Gasteiger partial charge on any atom is -0.363 e. The molecule has 1 aromatic heterocycles. The lowest BCUT2D eigenvalue weighted by atomic mass is 10.2. The zero-order valence-corrected chi connectivity index (χ0v) is 7.27. The van der Waals surface area contributed by atoms with Gasteiger partial charge in [-0.25, -0.2) is 4.98 Å². The van der Waals surface area contributed by atoms with Gasteiger partial charge in [0.2, 0.25) is 6.29 Å². The topological polar surface area (TPSA) is 65.4 Å². The Kier molecular flexibility index (Phi) is 2.10. The first kappa shape index (κ1) is 8.12. The van der Waals surface area contributed by atoms with Gasteiger partial charge in [-0.1, -0.05) is 0 Å². The highest BCUT2D eigenvalue weighted by Crippen LogP contribution is 2.24. The zero-order valence-electron chi connectivity index (χ0n) is 6.45. The first-order chi connectivity index (χ1) is 5.77. The molecule has 2 heterocycles. The summed E-state index contributed by atoms with van der Waals surface area (Å²) in [5.74, 6) is 0. The number of rotatable bonds is 1. The third-order valence-corrected chi connectivity index (χ3v) is 2.98. The first-order valence-electron chi connectivity index (χ1n) is 3.82. The Labute approximate surface area is 73.9 Å². The number of aliphatic hydroxyl groups is 2. The summed E-state index contributed by atoms with van der Waals surface area (Å²) < 4.78 is 0. The first-order valence-corrected chi connectivity index (χ1v) is 4.64. The van der Waals surface area contributed by atoms with Crippen LogP contribution in [0.4, 0.5) is 0 Å². The van der Waals surface area contributed by atoms with Crippen LogP contribution in [-0.4, -0.2) is 21.7 Å². The van der Waals surface area contributed by atoms with Crippen LogP contribution in [0.2, 0.25) is 0 Å². The summed E-state index contributed by atoms with van der Waals surface area (Å²) in [7, 11) is 0. The molecule has 2 rings (SSSR count). The Hall–Kier alpha value is -0.490. The van der Waals surface area contributed by atoms with Gasteiger partial charge < -0.3 is 15.5 Å². The Morgan fingerprint density at radius 3 is 3.00 bits per heavy atom. The monoisotopic (exact) mass is 186 g/mol. The Bertz CT molecular complexity index is 261. The third kappa shape index (κ3) is 1.36. The van der Waals surface area contributed by atoms with Crippen molar-refractivity contribution in [1.29, 1.82) is 0 Å². The molecule has 0 amide bonds. The molecule has 0 saturated carbocycles. The van der Waals surface area contributed by atoms with Crippen LogP contribution in [0.15, 0.2) is 0 Å². The largest absolute Gasteiger partial charge is 0.363 e. The highest BCUT2D eigenvalue weighted by atomic mass is 32.1. The molecule has 0 atom stereocenters. The van der Waals surface area contributed by atoms with Gasteiger partial charge in [0.25, 0.3) is 0 Å². The molecular formula is C7H10N2O2S. The molecule has 0 spiro atoms.